The van der Waals surface area contributed by atoms with Crippen LogP contribution in [0.1, 0.15) is 63.5 Å². The lowest BCUT2D eigenvalue weighted by atomic mass is 9.69. The van der Waals surface area contributed by atoms with E-state index in [4.69, 9.17) is 5.73 Å². The predicted octanol–water partition coefficient (Wildman–Crippen LogP) is 4.90. The van der Waals surface area contributed by atoms with Gasteiger partial charge in [-0.3, -0.25) is 9.28 Å². The Morgan fingerprint density at radius 2 is 1.74 bits per heavy atom. The SMILES string of the molecule is CC(C)[C@@](C#N)(CCCCC(=O)[N@@+]1(CCc2ccccc2)CCCC1C(N)=O)c1ccccc1. The van der Waals surface area contributed by atoms with Gasteiger partial charge in [0.05, 0.1) is 31.0 Å². The zero-order valence-corrected chi connectivity index (χ0v) is 20.6. The summed E-state index contributed by atoms with van der Waals surface area (Å²) in [6.45, 7) is 5.46. The van der Waals surface area contributed by atoms with E-state index in [1.807, 2.05) is 48.5 Å². The molecule has 0 aliphatic carbocycles. The van der Waals surface area contributed by atoms with Crippen LogP contribution in [0, 0.1) is 17.2 Å². The molecule has 2 aromatic rings. The summed E-state index contributed by atoms with van der Waals surface area (Å²) in [6, 6.07) is 22.2. The number of rotatable bonds is 11. The van der Waals surface area contributed by atoms with Crippen molar-refractivity contribution in [2.24, 2.45) is 11.7 Å². The molecule has 0 spiro atoms. The molecule has 5 nitrogen and oxygen atoms in total. The maximum atomic E-state index is 13.6. The molecule has 0 aromatic heterocycles. The lowest BCUT2D eigenvalue weighted by molar-refractivity contribution is -0.857. The van der Waals surface area contributed by atoms with E-state index in [0.717, 1.165) is 24.8 Å². The number of hydrogen-bond acceptors (Lipinski definition) is 3. The topological polar surface area (TPSA) is 83.9 Å². The maximum Gasteiger partial charge on any atom is 0.314 e. The maximum absolute atomic E-state index is 13.6. The molecular formula is C29H38N3O2+. The fourth-order valence-electron chi connectivity index (χ4n) is 5.67. The normalized spacial score (nSPS) is 21.6. The number of unbranched alkanes of at least 4 members (excludes halogenated alkanes) is 1. The second-order valence-corrected chi connectivity index (χ2v) is 9.98. The molecule has 1 aliphatic rings. The van der Waals surface area contributed by atoms with Crippen molar-refractivity contribution in [1.29, 1.82) is 5.26 Å². The van der Waals surface area contributed by atoms with Gasteiger partial charge in [0, 0.05) is 19.3 Å². The number of carbonyl (C=O) groups is 2. The first kappa shape index (κ1) is 25.6. The van der Waals surface area contributed by atoms with E-state index in [2.05, 4.69) is 32.0 Å². The summed E-state index contributed by atoms with van der Waals surface area (Å²) in [5.74, 6) is -0.0898. The first-order valence-corrected chi connectivity index (χ1v) is 12.6. The van der Waals surface area contributed by atoms with Crippen LogP contribution in [0.3, 0.4) is 0 Å². The highest BCUT2D eigenvalue weighted by Crippen LogP contribution is 2.37. The Morgan fingerprint density at radius 3 is 2.32 bits per heavy atom. The second-order valence-electron chi connectivity index (χ2n) is 9.98. The van der Waals surface area contributed by atoms with Crippen molar-refractivity contribution in [2.75, 3.05) is 13.1 Å². The van der Waals surface area contributed by atoms with E-state index in [-0.39, 0.29) is 22.2 Å². The van der Waals surface area contributed by atoms with Gasteiger partial charge >= 0.3 is 5.91 Å². The molecular weight excluding hydrogens is 422 g/mol. The highest BCUT2D eigenvalue weighted by Gasteiger charge is 2.50. The Kier molecular flexibility index (Phi) is 8.63. The van der Waals surface area contributed by atoms with Gasteiger partial charge in [0.15, 0.2) is 6.04 Å². The summed E-state index contributed by atoms with van der Waals surface area (Å²) in [5, 5.41) is 10.1. The van der Waals surface area contributed by atoms with Crippen LogP contribution in [-0.2, 0) is 21.4 Å². The number of likely N-dealkylation sites (tertiary alicyclic amines) is 1. The molecule has 180 valence electrons. The number of carbonyl (C=O) groups excluding carboxylic acids is 2. The number of primary amides is 1. The highest BCUT2D eigenvalue weighted by molar-refractivity contribution is 5.82. The number of amides is 2. The minimum atomic E-state index is -0.562. The third kappa shape index (κ3) is 5.39. The van der Waals surface area contributed by atoms with Crippen molar-refractivity contribution >= 4 is 11.8 Å². The Bertz CT molecular complexity index is 999. The van der Waals surface area contributed by atoms with Gasteiger partial charge in [0.1, 0.15) is 0 Å². The van der Waals surface area contributed by atoms with Gasteiger partial charge in [0.2, 0.25) is 0 Å². The molecule has 2 N–H and O–H groups in total. The fraction of sp³-hybridized carbons (Fsp3) is 0.483. The molecule has 3 atom stereocenters. The molecule has 0 radical (unpaired) electrons. The highest BCUT2D eigenvalue weighted by atomic mass is 16.2. The van der Waals surface area contributed by atoms with Crippen molar-refractivity contribution in [3.05, 3.63) is 71.8 Å². The quantitative estimate of drug-likeness (QED) is 0.382. The number of nitrogens with two attached hydrogens (primary N) is 1. The van der Waals surface area contributed by atoms with Gasteiger partial charge in [-0.2, -0.15) is 5.26 Å². The molecule has 2 amide bonds. The van der Waals surface area contributed by atoms with Crippen molar-refractivity contribution in [1.82, 2.24) is 0 Å². The molecule has 1 fully saturated rings. The molecule has 3 rings (SSSR count). The Hall–Kier alpha value is -2.97. The molecule has 1 saturated heterocycles. The molecule has 1 unspecified atom stereocenters. The Morgan fingerprint density at radius 1 is 1.09 bits per heavy atom. The van der Waals surface area contributed by atoms with Crippen molar-refractivity contribution < 1.29 is 14.1 Å². The first-order valence-electron chi connectivity index (χ1n) is 12.6. The average Bonchev–Trinajstić information content (AvgIpc) is 3.29. The Balaban J connectivity index is 1.68. The van der Waals surface area contributed by atoms with Gasteiger partial charge in [-0.15, -0.1) is 0 Å². The number of benzene rings is 2. The molecule has 0 saturated carbocycles. The largest absolute Gasteiger partial charge is 0.364 e. The summed E-state index contributed by atoms with van der Waals surface area (Å²) in [6.07, 6.45) is 4.87. The summed E-state index contributed by atoms with van der Waals surface area (Å²) >= 11 is 0. The van der Waals surface area contributed by atoms with E-state index >= 15 is 0 Å². The first-order chi connectivity index (χ1) is 16.4. The average molecular weight is 461 g/mol. The molecule has 1 heterocycles. The minimum Gasteiger partial charge on any atom is -0.364 e. The van der Waals surface area contributed by atoms with E-state index in [1.165, 1.54) is 5.56 Å². The summed E-state index contributed by atoms with van der Waals surface area (Å²) in [7, 11) is 0. The van der Waals surface area contributed by atoms with Crippen LogP contribution < -0.4 is 5.73 Å². The van der Waals surface area contributed by atoms with Crippen LogP contribution in [0.4, 0.5) is 0 Å². The van der Waals surface area contributed by atoms with Crippen LogP contribution in [0.25, 0.3) is 0 Å². The summed E-state index contributed by atoms with van der Waals surface area (Å²) in [5.41, 5.74) is 7.41. The molecule has 1 aliphatic heterocycles. The smallest absolute Gasteiger partial charge is 0.314 e. The van der Waals surface area contributed by atoms with E-state index in [1.54, 1.807) is 0 Å². The van der Waals surface area contributed by atoms with Crippen LogP contribution in [-0.4, -0.2) is 35.4 Å². The van der Waals surface area contributed by atoms with Crippen molar-refractivity contribution in [2.45, 2.75) is 70.3 Å². The minimum absolute atomic E-state index is 0.115. The summed E-state index contributed by atoms with van der Waals surface area (Å²) in [4.78, 5) is 25.9. The number of nitriles is 1. The zero-order valence-electron chi connectivity index (χ0n) is 20.6. The van der Waals surface area contributed by atoms with Gasteiger partial charge < -0.3 is 5.73 Å². The predicted molar refractivity (Wildman–Crippen MR) is 134 cm³/mol. The van der Waals surface area contributed by atoms with Crippen LogP contribution in [0.15, 0.2) is 60.7 Å². The third-order valence-corrected chi connectivity index (χ3v) is 7.78. The number of hydrogen-bond donors (Lipinski definition) is 1. The number of nitrogens with zero attached hydrogens (tertiary/aromatic N) is 2. The molecule has 0 bridgehead atoms. The number of quaternary nitrogens is 1. The zero-order chi connectivity index (χ0) is 24.6. The standard InChI is InChI=1S/C29H37N3O2/c1-23(2)29(22-30,25-14-7-4-8-15-25)19-10-9-17-27(33)32(20-11-16-26(32)28(31)34)21-18-24-12-5-3-6-13-24/h3-8,12-15,23,26H,9-11,16-21H2,1-2H3,(H-,31,34)/p+1/t26?,29-,32+/m0/s1. The van der Waals surface area contributed by atoms with Crippen LogP contribution in [0.5, 0.6) is 0 Å². The van der Waals surface area contributed by atoms with Crippen molar-refractivity contribution in [3.63, 3.8) is 0 Å². The van der Waals surface area contributed by atoms with E-state index in [9.17, 15) is 14.9 Å². The van der Waals surface area contributed by atoms with Gasteiger partial charge in [0.25, 0.3) is 5.91 Å². The van der Waals surface area contributed by atoms with E-state index < -0.39 is 11.5 Å². The monoisotopic (exact) mass is 460 g/mol. The molecule has 34 heavy (non-hydrogen) atoms. The third-order valence-electron chi connectivity index (χ3n) is 7.78. The Labute approximate surface area is 204 Å². The van der Waals surface area contributed by atoms with Gasteiger partial charge in [-0.05, 0) is 29.9 Å². The fourth-order valence-corrected chi connectivity index (χ4v) is 5.67. The molecule has 5 heteroatoms. The lowest BCUT2D eigenvalue weighted by Crippen LogP contribution is -2.61. The molecule has 2 aromatic carbocycles. The van der Waals surface area contributed by atoms with Crippen molar-refractivity contribution in [3.8, 4) is 6.07 Å². The summed E-state index contributed by atoms with van der Waals surface area (Å²) < 4.78 is 0.177. The van der Waals surface area contributed by atoms with E-state index in [0.29, 0.717) is 38.8 Å². The van der Waals surface area contributed by atoms with Gasteiger partial charge in [-0.1, -0.05) is 80.9 Å². The second kappa shape index (κ2) is 11.4. The van der Waals surface area contributed by atoms with Gasteiger partial charge in [-0.25, -0.2) is 4.79 Å². The van der Waals surface area contributed by atoms with Crippen LogP contribution >= 0.6 is 0 Å². The lowest BCUT2D eigenvalue weighted by Gasteiger charge is -2.36. The van der Waals surface area contributed by atoms with Crippen LogP contribution in [0.2, 0.25) is 0 Å².